The molecule has 0 aliphatic carbocycles. The van der Waals surface area contributed by atoms with E-state index in [2.05, 4.69) is 21.1 Å². The van der Waals surface area contributed by atoms with Crippen molar-refractivity contribution >= 4 is 48.9 Å². The van der Waals surface area contributed by atoms with Crippen molar-refractivity contribution in [2.24, 2.45) is 0 Å². The van der Waals surface area contributed by atoms with E-state index in [-0.39, 0.29) is 16.5 Å². The molecule has 4 aromatic carbocycles. The fraction of sp³-hybridized carbons (Fsp3) is 0. The number of nitrogens with one attached hydrogen (secondary N) is 2. The lowest BCUT2D eigenvalue weighted by Gasteiger charge is -2.09. The Morgan fingerprint density at radius 3 is 2.31 bits per heavy atom. The highest BCUT2D eigenvalue weighted by Gasteiger charge is 2.15. The number of rotatable bonds is 6. The van der Waals surface area contributed by atoms with Crippen molar-refractivity contribution in [3.8, 4) is 11.3 Å². The standard InChI is InChI=1S/C26H18FN3O3S2/c27-21-9-13-23(14-10-21)35(32,33)30-22-11-7-18(8-12-22)25(31)29-26-28-24(16-34-26)20-6-5-17-3-1-2-4-19(17)15-20/h1-16,30H,(H,28,29,31). The second-order valence-corrected chi connectivity index (χ2v) is 10.2. The molecule has 0 radical (unpaired) electrons. The van der Waals surface area contributed by atoms with Crippen LogP contribution in [-0.4, -0.2) is 19.3 Å². The van der Waals surface area contributed by atoms with Crippen LogP contribution in [0.1, 0.15) is 10.4 Å². The highest BCUT2D eigenvalue weighted by molar-refractivity contribution is 7.92. The van der Waals surface area contributed by atoms with Crippen molar-refractivity contribution in [1.82, 2.24) is 4.98 Å². The van der Waals surface area contributed by atoms with Crippen molar-refractivity contribution < 1.29 is 17.6 Å². The zero-order valence-corrected chi connectivity index (χ0v) is 19.7. The van der Waals surface area contributed by atoms with E-state index in [1.807, 2.05) is 41.8 Å². The Morgan fingerprint density at radius 2 is 1.57 bits per heavy atom. The number of carbonyl (C=O) groups is 1. The summed E-state index contributed by atoms with van der Waals surface area (Å²) in [4.78, 5) is 17.1. The van der Waals surface area contributed by atoms with Gasteiger partial charge in [0.05, 0.1) is 10.6 Å². The zero-order chi connectivity index (χ0) is 24.4. The molecule has 35 heavy (non-hydrogen) atoms. The molecular weight excluding hydrogens is 485 g/mol. The number of sulfonamides is 1. The number of hydrogen-bond acceptors (Lipinski definition) is 5. The first-order valence-electron chi connectivity index (χ1n) is 10.5. The van der Waals surface area contributed by atoms with Crippen molar-refractivity contribution in [1.29, 1.82) is 0 Å². The van der Waals surface area contributed by atoms with Crippen molar-refractivity contribution in [3.05, 3.63) is 108 Å². The summed E-state index contributed by atoms with van der Waals surface area (Å²) in [5.74, 6) is -0.888. The number of nitrogens with zero attached hydrogens (tertiary/aromatic N) is 1. The molecule has 0 bridgehead atoms. The third-order valence-electron chi connectivity index (χ3n) is 5.29. The molecule has 0 saturated carbocycles. The van der Waals surface area contributed by atoms with E-state index >= 15 is 0 Å². The summed E-state index contributed by atoms with van der Waals surface area (Å²) in [5, 5.41) is 7.37. The molecule has 0 atom stereocenters. The van der Waals surface area contributed by atoms with Gasteiger partial charge in [0.25, 0.3) is 15.9 Å². The van der Waals surface area contributed by atoms with E-state index in [1.54, 1.807) is 0 Å². The number of amides is 1. The van der Waals surface area contributed by atoms with Gasteiger partial charge in [0, 0.05) is 22.2 Å². The molecule has 5 rings (SSSR count). The molecule has 0 unspecified atom stereocenters. The number of fused-ring (bicyclic) bond motifs is 1. The molecule has 0 spiro atoms. The molecule has 0 aliphatic heterocycles. The van der Waals surface area contributed by atoms with Gasteiger partial charge in [0.15, 0.2) is 5.13 Å². The van der Waals surface area contributed by atoms with E-state index < -0.39 is 15.8 Å². The molecule has 0 aliphatic rings. The molecule has 0 fully saturated rings. The Labute approximate surface area is 205 Å². The molecule has 0 saturated heterocycles. The predicted molar refractivity (Wildman–Crippen MR) is 137 cm³/mol. The minimum atomic E-state index is -3.87. The molecule has 1 amide bonds. The molecule has 6 nitrogen and oxygen atoms in total. The zero-order valence-electron chi connectivity index (χ0n) is 18.1. The highest BCUT2D eigenvalue weighted by Crippen LogP contribution is 2.28. The molecule has 5 aromatic rings. The third-order valence-corrected chi connectivity index (χ3v) is 7.45. The average molecular weight is 504 g/mol. The number of hydrogen-bond donors (Lipinski definition) is 2. The van der Waals surface area contributed by atoms with Crippen LogP contribution in [0.5, 0.6) is 0 Å². The normalized spacial score (nSPS) is 11.3. The Balaban J connectivity index is 1.26. The quantitative estimate of drug-likeness (QED) is 0.291. The lowest BCUT2D eigenvalue weighted by atomic mass is 10.1. The largest absolute Gasteiger partial charge is 0.298 e. The second kappa shape index (κ2) is 9.28. The lowest BCUT2D eigenvalue weighted by molar-refractivity contribution is 0.102. The molecule has 2 N–H and O–H groups in total. The first kappa shape index (κ1) is 22.7. The van der Waals surface area contributed by atoms with Gasteiger partial charge in [-0.05, 0) is 65.4 Å². The van der Waals surface area contributed by atoms with Crippen LogP contribution in [-0.2, 0) is 10.0 Å². The van der Waals surface area contributed by atoms with Crippen LogP contribution in [0.25, 0.3) is 22.0 Å². The monoisotopic (exact) mass is 503 g/mol. The number of carbonyl (C=O) groups excluding carboxylic acids is 1. The summed E-state index contributed by atoms with van der Waals surface area (Å²) in [7, 11) is -3.87. The molecule has 1 aromatic heterocycles. The lowest BCUT2D eigenvalue weighted by Crippen LogP contribution is -2.14. The maximum atomic E-state index is 13.1. The van der Waals surface area contributed by atoms with Crippen LogP contribution in [0.3, 0.4) is 0 Å². The van der Waals surface area contributed by atoms with Gasteiger partial charge in [-0.2, -0.15) is 0 Å². The Morgan fingerprint density at radius 1 is 0.857 bits per heavy atom. The summed E-state index contributed by atoms with van der Waals surface area (Å²) in [5.41, 5.74) is 2.34. The van der Waals surface area contributed by atoms with Crippen LogP contribution in [0, 0.1) is 5.82 Å². The van der Waals surface area contributed by atoms with Crippen LogP contribution in [0.15, 0.2) is 101 Å². The minimum absolute atomic E-state index is 0.0632. The van der Waals surface area contributed by atoms with Gasteiger partial charge in [-0.25, -0.2) is 17.8 Å². The summed E-state index contributed by atoms with van der Waals surface area (Å²) in [6, 6.07) is 24.6. The smallest absolute Gasteiger partial charge is 0.261 e. The van der Waals surface area contributed by atoms with Gasteiger partial charge < -0.3 is 0 Å². The first-order valence-corrected chi connectivity index (χ1v) is 12.9. The van der Waals surface area contributed by atoms with Gasteiger partial charge in [0.1, 0.15) is 5.82 Å². The number of aromatic nitrogens is 1. The molecule has 9 heteroatoms. The van der Waals surface area contributed by atoms with E-state index in [0.717, 1.165) is 34.2 Å². The Bertz CT molecular complexity index is 1630. The number of halogens is 1. The maximum Gasteiger partial charge on any atom is 0.261 e. The number of thiazole rings is 1. The van der Waals surface area contributed by atoms with Gasteiger partial charge in [-0.3, -0.25) is 14.8 Å². The predicted octanol–water partition coefficient (Wildman–Crippen LogP) is 6.16. The third kappa shape index (κ3) is 5.06. The van der Waals surface area contributed by atoms with E-state index in [4.69, 9.17) is 0 Å². The van der Waals surface area contributed by atoms with Crippen molar-refractivity contribution in [2.75, 3.05) is 10.0 Å². The summed E-state index contributed by atoms with van der Waals surface area (Å²) in [6.07, 6.45) is 0. The maximum absolute atomic E-state index is 13.1. The van der Waals surface area contributed by atoms with Gasteiger partial charge in [0.2, 0.25) is 0 Å². The first-order chi connectivity index (χ1) is 16.9. The van der Waals surface area contributed by atoms with Crippen LogP contribution < -0.4 is 10.0 Å². The van der Waals surface area contributed by atoms with E-state index in [0.29, 0.717) is 10.7 Å². The summed E-state index contributed by atoms with van der Waals surface area (Å²) in [6.45, 7) is 0. The molecular formula is C26H18FN3O3S2. The van der Waals surface area contributed by atoms with Crippen molar-refractivity contribution in [2.45, 2.75) is 4.90 Å². The van der Waals surface area contributed by atoms with Crippen LogP contribution in [0.2, 0.25) is 0 Å². The summed E-state index contributed by atoms with van der Waals surface area (Å²) >= 11 is 1.32. The average Bonchev–Trinajstić information content (AvgIpc) is 3.32. The number of benzene rings is 4. The fourth-order valence-electron chi connectivity index (χ4n) is 3.50. The summed E-state index contributed by atoms with van der Waals surface area (Å²) < 4.78 is 40.4. The fourth-order valence-corrected chi connectivity index (χ4v) is 5.27. The topological polar surface area (TPSA) is 88.2 Å². The number of anilines is 2. The van der Waals surface area contributed by atoms with Crippen molar-refractivity contribution in [3.63, 3.8) is 0 Å². The second-order valence-electron chi connectivity index (χ2n) is 7.69. The highest BCUT2D eigenvalue weighted by atomic mass is 32.2. The van der Waals surface area contributed by atoms with E-state index in [9.17, 15) is 17.6 Å². The van der Waals surface area contributed by atoms with Crippen LogP contribution in [0.4, 0.5) is 15.2 Å². The van der Waals surface area contributed by atoms with E-state index in [1.165, 1.54) is 47.7 Å². The van der Waals surface area contributed by atoms with Crippen LogP contribution >= 0.6 is 11.3 Å². The van der Waals surface area contributed by atoms with Gasteiger partial charge in [-0.1, -0.05) is 36.4 Å². The SMILES string of the molecule is O=C(Nc1nc(-c2ccc3ccccc3c2)cs1)c1ccc(NS(=O)(=O)c2ccc(F)cc2)cc1. The molecule has 1 heterocycles. The van der Waals surface area contributed by atoms with Gasteiger partial charge >= 0.3 is 0 Å². The van der Waals surface area contributed by atoms with Gasteiger partial charge in [-0.15, -0.1) is 11.3 Å². The minimum Gasteiger partial charge on any atom is -0.298 e. The Hall–Kier alpha value is -4.08. The molecule has 174 valence electrons. The Kier molecular flexibility index (Phi) is 6.02.